The maximum absolute atomic E-state index is 12.6. The molecule has 0 bridgehead atoms. The summed E-state index contributed by atoms with van der Waals surface area (Å²) in [5, 5.41) is 11.9. The summed E-state index contributed by atoms with van der Waals surface area (Å²) in [6, 6.07) is 1.85. The molecule has 1 aromatic carbocycles. The molecule has 1 unspecified atom stereocenters. The Morgan fingerprint density at radius 3 is 1.88 bits per heavy atom. The number of benzene rings is 1. The van der Waals surface area contributed by atoms with Crippen molar-refractivity contribution in [3.63, 3.8) is 0 Å². The Balaban J connectivity index is 3.29. The number of aliphatic carboxylic acids is 1. The quantitative estimate of drug-likeness (QED) is 0.536. The molecule has 8 heteroatoms. The van der Waals surface area contributed by atoms with Gasteiger partial charge < -0.3 is 24.6 Å². The van der Waals surface area contributed by atoms with Crippen LogP contribution >= 0.6 is 12.6 Å². The fourth-order valence-electron chi connectivity index (χ4n) is 2.27. The lowest BCUT2D eigenvalue weighted by molar-refractivity contribution is -0.139. The van der Waals surface area contributed by atoms with Gasteiger partial charge >= 0.3 is 5.97 Å². The van der Waals surface area contributed by atoms with Crippen molar-refractivity contribution in [2.45, 2.75) is 45.4 Å². The molecule has 0 saturated carbocycles. The van der Waals surface area contributed by atoms with Crippen LogP contribution in [0.5, 0.6) is 17.2 Å². The van der Waals surface area contributed by atoms with Crippen LogP contribution in [0.2, 0.25) is 0 Å². The Labute approximate surface area is 159 Å². The number of rotatable bonds is 10. The highest BCUT2D eigenvalue weighted by atomic mass is 32.1. The zero-order valence-electron chi connectivity index (χ0n) is 15.8. The topological polar surface area (TPSA) is 94.1 Å². The molecule has 26 heavy (non-hydrogen) atoms. The molecule has 1 rings (SSSR count). The maximum atomic E-state index is 12.6. The van der Waals surface area contributed by atoms with Gasteiger partial charge in [-0.1, -0.05) is 0 Å². The van der Waals surface area contributed by atoms with Crippen molar-refractivity contribution in [2.24, 2.45) is 0 Å². The molecular formula is C18H27NO6S. The molecule has 0 radical (unpaired) electrons. The van der Waals surface area contributed by atoms with E-state index in [0.717, 1.165) is 0 Å². The van der Waals surface area contributed by atoms with Crippen molar-refractivity contribution in [2.75, 3.05) is 19.8 Å². The fourth-order valence-corrected chi connectivity index (χ4v) is 2.45. The molecule has 0 aromatic heterocycles. The minimum atomic E-state index is -1.17. The number of carboxylic acids is 1. The smallest absolute Gasteiger partial charge is 0.327 e. The Kier molecular flexibility index (Phi) is 8.08. The summed E-state index contributed by atoms with van der Waals surface area (Å²) in [6.07, 6.45) is 0. The number of carbonyl (C=O) groups is 2. The molecule has 2 N–H and O–H groups in total. The third kappa shape index (κ3) is 5.72. The molecule has 0 heterocycles. The normalized spacial score (nSPS) is 12.2. The number of ether oxygens (including phenoxy) is 3. The largest absolute Gasteiger partial charge is 0.490 e. The Bertz CT molecular complexity index is 614. The first kappa shape index (κ1) is 22.0. The number of hydrogen-bond donors (Lipinski definition) is 3. The van der Waals surface area contributed by atoms with Crippen molar-refractivity contribution in [3.8, 4) is 17.2 Å². The van der Waals surface area contributed by atoms with Crippen LogP contribution in [-0.2, 0) is 4.79 Å². The molecule has 0 spiro atoms. The lowest BCUT2D eigenvalue weighted by Crippen LogP contribution is -2.51. The number of nitrogens with one attached hydrogen (secondary N) is 1. The summed E-state index contributed by atoms with van der Waals surface area (Å²) in [5.41, 5.74) is 0.212. The molecule has 1 atom stereocenters. The van der Waals surface area contributed by atoms with Crippen LogP contribution in [0.3, 0.4) is 0 Å². The summed E-state index contributed by atoms with van der Waals surface area (Å²) in [7, 11) is 0. The van der Waals surface area contributed by atoms with E-state index in [2.05, 4.69) is 17.9 Å². The highest BCUT2D eigenvalue weighted by Gasteiger charge is 2.34. The Morgan fingerprint density at radius 1 is 1.08 bits per heavy atom. The highest BCUT2D eigenvalue weighted by molar-refractivity contribution is 7.81. The van der Waals surface area contributed by atoms with Crippen LogP contribution in [0.15, 0.2) is 12.1 Å². The van der Waals surface area contributed by atoms with Crippen LogP contribution < -0.4 is 19.5 Å². The molecule has 1 aromatic rings. The van der Waals surface area contributed by atoms with Crippen molar-refractivity contribution >= 4 is 24.5 Å². The van der Waals surface area contributed by atoms with Gasteiger partial charge in [0.25, 0.3) is 5.91 Å². The summed E-state index contributed by atoms with van der Waals surface area (Å²) >= 11 is 4.26. The number of carbonyl (C=O) groups excluding carboxylic acids is 1. The van der Waals surface area contributed by atoms with Gasteiger partial charge in [0.15, 0.2) is 11.5 Å². The number of hydrogen-bond acceptors (Lipinski definition) is 6. The monoisotopic (exact) mass is 385 g/mol. The molecule has 0 aliphatic carbocycles. The lowest BCUT2D eigenvalue weighted by atomic mass is 10.0. The predicted molar refractivity (Wildman–Crippen MR) is 102 cm³/mol. The average Bonchev–Trinajstić information content (AvgIpc) is 2.54. The zero-order chi connectivity index (χ0) is 19.9. The summed E-state index contributed by atoms with van der Waals surface area (Å²) in [4.78, 5) is 24.1. The van der Waals surface area contributed by atoms with Gasteiger partial charge in [0.2, 0.25) is 5.75 Å². The SMILES string of the molecule is CCOc1cc(C(=O)NC(C(=O)O)C(C)(C)S)cc(OCC)c1OCC. The first-order valence-electron chi connectivity index (χ1n) is 8.48. The van der Waals surface area contributed by atoms with Gasteiger partial charge in [-0.25, -0.2) is 4.79 Å². The van der Waals surface area contributed by atoms with E-state index in [4.69, 9.17) is 14.2 Å². The van der Waals surface area contributed by atoms with Gasteiger partial charge in [0.05, 0.1) is 19.8 Å². The second-order valence-corrected chi connectivity index (χ2v) is 7.15. The molecular weight excluding hydrogens is 358 g/mol. The summed E-state index contributed by atoms with van der Waals surface area (Å²) in [5.74, 6) is -0.592. The van der Waals surface area contributed by atoms with Crippen LogP contribution in [0, 0.1) is 0 Å². The molecule has 146 valence electrons. The van der Waals surface area contributed by atoms with Gasteiger partial charge in [-0.3, -0.25) is 4.79 Å². The third-order valence-electron chi connectivity index (χ3n) is 3.40. The minimum absolute atomic E-state index is 0.212. The van der Waals surface area contributed by atoms with Crippen molar-refractivity contribution in [1.29, 1.82) is 0 Å². The van der Waals surface area contributed by atoms with Crippen LogP contribution in [0.25, 0.3) is 0 Å². The average molecular weight is 385 g/mol. The molecule has 0 aliphatic heterocycles. The zero-order valence-corrected chi connectivity index (χ0v) is 16.7. The van der Waals surface area contributed by atoms with E-state index < -0.39 is 22.7 Å². The minimum Gasteiger partial charge on any atom is -0.490 e. The second kappa shape index (κ2) is 9.56. The van der Waals surface area contributed by atoms with Crippen LogP contribution in [0.1, 0.15) is 45.0 Å². The van der Waals surface area contributed by atoms with Gasteiger partial charge in [0.1, 0.15) is 6.04 Å². The third-order valence-corrected chi connectivity index (χ3v) is 3.66. The second-order valence-electron chi connectivity index (χ2n) is 6.00. The van der Waals surface area contributed by atoms with Crippen LogP contribution in [-0.4, -0.2) is 47.6 Å². The van der Waals surface area contributed by atoms with E-state index in [9.17, 15) is 14.7 Å². The summed E-state index contributed by atoms with van der Waals surface area (Å²) < 4.78 is 15.8. The van der Waals surface area contributed by atoms with Gasteiger partial charge in [-0.2, -0.15) is 12.6 Å². The van der Waals surface area contributed by atoms with Crippen molar-refractivity contribution < 1.29 is 28.9 Å². The lowest BCUT2D eigenvalue weighted by Gasteiger charge is -2.27. The first-order valence-corrected chi connectivity index (χ1v) is 8.92. The van der Waals surface area contributed by atoms with E-state index in [-0.39, 0.29) is 5.56 Å². The highest BCUT2D eigenvalue weighted by Crippen LogP contribution is 2.39. The van der Waals surface area contributed by atoms with Gasteiger partial charge in [-0.05, 0) is 46.8 Å². The van der Waals surface area contributed by atoms with E-state index in [0.29, 0.717) is 37.1 Å². The summed E-state index contributed by atoms with van der Waals surface area (Å²) in [6.45, 7) is 9.84. The number of thiol groups is 1. The van der Waals surface area contributed by atoms with Gasteiger partial charge in [0, 0.05) is 10.3 Å². The fraction of sp³-hybridized carbons (Fsp3) is 0.556. The molecule has 0 saturated heterocycles. The molecule has 0 fully saturated rings. The standard InChI is InChI=1S/C18H27NO6S/c1-6-23-12-9-11(10-13(24-7-2)14(12)25-8-3)16(20)19-15(17(21)22)18(4,5)26/h9-10,15,26H,6-8H2,1-5H3,(H,19,20)(H,21,22). The number of carboxylic acid groups (broad SMARTS) is 1. The molecule has 1 amide bonds. The molecule has 7 nitrogen and oxygen atoms in total. The maximum Gasteiger partial charge on any atom is 0.327 e. The van der Waals surface area contributed by atoms with E-state index in [1.807, 2.05) is 20.8 Å². The van der Waals surface area contributed by atoms with E-state index >= 15 is 0 Å². The Morgan fingerprint density at radius 2 is 1.54 bits per heavy atom. The molecule has 0 aliphatic rings. The van der Waals surface area contributed by atoms with Crippen LogP contribution in [0.4, 0.5) is 0 Å². The van der Waals surface area contributed by atoms with Gasteiger partial charge in [-0.15, -0.1) is 0 Å². The first-order chi connectivity index (χ1) is 12.1. The van der Waals surface area contributed by atoms with Crippen molar-refractivity contribution in [1.82, 2.24) is 5.32 Å². The Hall–Kier alpha value is -2.09. The predicted octanol–water partition coefficient (Wildman–Crippen LogP) is 2.77. The van der Waals surface area contributed by atoms with E-state index in [1.54, 1.807) is 13.8 Å². The number of amides is 1. The van der Waals surface area contributed by atoms with E-state index in [1.165, 1.54) is 12.1 Å². The van der Waals surface area contributed by atoms with Crippen molar-refractivity contribution in [3.05, 3.63) is 17.7 Å².